The van der Waals surface area contributed by atoms with E-state index in [9.17, 15) is 13.8 Å². The Morgan fingerprint density at radius 2 is 2.11 bits per heavy atom. The fraction of sp³-hybridized carbons (Fsp3) is 0.500. The Hall–Kier alpha value is -0.710. The number of nitrogens with one attached hydrogen (secondary N) is 1. The van der Waals surface area contributed by atoms with Gasteiger partial charge in [-0.25, -0.2) is 4.21 Å². The van der Waals surface area contributed by atoms with Gasteiger partial charge in [0, 0.05) is 12.2 Å². The monoisotopic (exact) mass is 147 g/mol. The van der Waals surface area contributed by atoms with E-state index in [0.29, 0.717) is 0 Å². The van der Waals surface area contributed by atoms with Gasteiger partial charge < -0.3 is 0 Å². The third kappa shape index (κ3) is 1.35. The summed E-state index contributed by atoms with van der Waals surface area (Å²) < 4.78 is 10.5. The minimum Gasteiger partial charge on any atom is -0.285 e. The lowest BCUT2D eigenvalue weighted by Gasteiger charge is -2.07. The Morgan fingerprint density at radius 1 is 1.44 bits per heavy atom. The van der Waals surface area contributed by atoms with Crippen LogP contribution in [0.5, 0.6) is 0 Å². The molecular weight excluding hydrogens is 142 g/mol. The summed E-state index contributed by atoms with van der Waals surface area (Å²) in [6.07, 6.45) is 0.193. The molecule has 0 aromatic rings. The second-order valence-electron chi connectivity index (χ2n) is 1.64. The third-order valence-corrected chi connectivity index (χ3v) is 2.05. The maximum absolute atomic E-state index is 10.5. The summed E-state index contributed by atoms with van der Waals surface area (Å²) in [7, 11) is -1.48. The number of rotatable bonds is 0. The Labute approximate surface area is 54.1 Å². The Morgan fingerprint density at radius 3 is 2.56 bits per heavy atom. The molecule has 1 unspecified atom stereocenters. The zero-order valence-corrected chi connectivity index (χ0v) is 5.36. The Kier molecular flexibility index (Phi) is 1.61. The molecular formula is C4H5NO3S. The smallest absolute Gasteiger partial charge is 0.285 e. The van der Waals surface area contributed by atoms with E-state index < -0.39 is 16.0 Å². The van der Waals surface area contributed by atoms with E-state index in [4.69, 9.17) is 0 Å². The maximum Gasteiger partial charge on any atom is 0.315 e. The van der Waals surface area contributed by atoms with Gasteiger partial charge in [0.05, 0.1) is 0 Å². The van der Waals surface area contributed by atoms with E-state index >= 15 is 0 Å². The molecule has 0 spiro atoms. The molecule has 50 valence electrons. The van der Waals surface area contributed by atoms with Crippen molar-refractivity contribution >= 4 is 21.9 Å². The summed E-state index contributed by atoms with van der Waals surface area (Å²) >= 11 is 0. The van der Waals surface area contributed by atoms with Crippen LogP contribution >= 0.6 is 0 Å². The summed E-state index contributed by atoms with van der Waals surface area (Å²) in [5.74, 6) is -0.162. The molecule has 1 atom stereocenters. The van der Waals surface area contributed by atoms with Gasteiger partial charge in [0.1, 0.15) is 10.8 Å². The van der Waals surface area contributed by atoms with E-state index in [1.807, 2.05) is 5.32 Å². The first-order valence-corrected chi connectivity index (χ1v) is 3.74. The van der Waals surface area contributed by atoms with Crippen LogP contribution < -0.4 is 5.32 Å². The van der Waals surface area contributed by atoms with Gasteiger partial charge in [0.2, 0.25) is 5.91 Å². The predicted octanol–water partition coefficient (Wildman–Crippen LogP) is -0.625. The van der Waals surface area contributed by atoms with E-state index in [0.717, 1.165) is 0 Å². The first-order valence-electron chi connectivity index (χ1n) is 2.42. The molecule has 9 heavy (non-hydrogen) atoms. The minimum absolute atomic E-state index is 0.171. The highest BCUT2D eigenvalue weighted by Gasteiger charge is 2.21. The predicted molar refractivity (Wildman–Crippen MR) is 31.2 cm³/mol. The largest absolute Gasteiger partial charge is 0.315 e. The Balaban J connectivity index is 2.64. The summed E-state index contributed by atoms with van der Waals surface area (Å²) in [6, 6.07) is 0. The summed E-state index contributed by atoms with van der Waals surface area (Å²) in [5.41, 5.74) is 0. The van der Waals surface area contributed by atoms with Crippen molar-refractivity contribution in [2.75, 3.05) is 5.75 Å². The quantitative estimate of drug-likeness (QED) is 0.496. The average Bonchev–Trinajstić information content (AvgIpc) is 1.80. The average molecular weight is 147 g/mol. The van der Waals surface area contributed by atoms with Gasteiger partial charge >= 0.3 is 5.24 Å². The van der Waals surface area contributed by atoms with Crippen molar-refractivity contribution in [2.24, 2.45) is 0 Å². The molecule has 1 saturated heterocycles. The van der Waals surface area contributed by atoms with Crippen molar-refractivity contribution in [3.05, 3.63) is 0 Å². The van der Waals surface area contributed by atoms with Crippen molar-refractivity contribution in [3.8, 4) is 0 Å². The van der Waals surface area contributed by atoms with Crippen molar-refractivity contribution in [2.45, 2.75) is 6.42 Å². The number of hydrogen-bond donors (Lipinski definition) is 1. The van der Waals surface area contributed by atoms with E-state index in [-0.39, 0.29) is 18.1 Å². The highest BCUT2D eigenvalue weighted by atomic mass is 32.2. The maximum atomic E-state index is 10.5. The molecule has 1 fully saturated rings. The fourth-order valence-electron chi connectivity index (χ4n) is 0.511. The van der Waals surface area contributed by atoms with Crippen LogP contribution in [0.1, 0.15) is 6.42 Å². The van der Waals surface area contributed by atoms with Crippen LogP contribution in [-0.2, 0) is 15.6 Å². The SMILES string of the molecule is O=C1CCS(=O)C(=O)N1. The van der Waals surface area contributed by atoms with Gasteiger partial charge in [-0.05, 0) is 0 Å². The van der Waals surface area contributed by atoms with Gasteiger partial charge in [-0.15, -0.1) is 0 Å². The van der Waals surface area contributed by atoms with Crippen LogP contribution in [0, 0.1) is 0 Å². The van der Waals surface area contributed by atoms with Crippen molar-refractivity contribution in [1.29, 1.82) is 0 Å². The molecule has 5 heteroatoms. The van der Waals surface area contributed by atoms with Gasteiger partial charge in [-0.3, -0.25) is 14.9 Å². The number of hydrogen-bond acceptors (Lipinski definition) is 3. The zero-order chi connectivity index (χ0) is 6.85. The lowest BCUT2D eigenvalue weighted by Crippen LogP contribution is -2.38. The van der Waals surface area contributed by atoms with Gasteiger partial charge in [0.25, 0.3) is 0 Å². The topological polar surface area (TPSA) is 63.2 Å². The molecule has 0 aromatic carbocycles. The van der Waals surface area contributed by atoms with Crippen molar-refractivity contribution < 1.29 is 13.8 Å². The molecule has 0 saturated carbocycles. The Bertz CT molecular complexity index is 188. The van der Waals surface area contributed by atoms with Gasteiger partial charge in [-0.2, -0.15) is 0 Å². The third-order valence-electron chi connectivity index (χ3n) is 0.963. The van der Waals surface area contributed by atoms with Crippen LogP contribution in [0.4, 0.5) is 4.79 Å². The van der Waals surface area contributed by atoms with E-state index in [2.05, 4.69) is 0 Å². The van der Waals surface area contributed by atoms with Crippen molar-refractivity contribution in [1.82, 2.24) is 5.32 Å². The number of carbonyl (C=O) groups excluding carboxylic acids is 2. The molecule has 0 aliphatic carbocycles. The summed E-state index contributed by atoms with van der Waals surface area (Å²) in [5, 5.41) is 1.29. The number of carbonyl (C=O) groups is 2. The molecule has 2 amide bonds. The van der Waals surface area contributed by atoms with E-state index in [1.165, 1.54) is 0 Å². The summed E-state index contributed by atoms with van der Waals surface area (Å²) in [4.78, 5) is 20.7. The van der Waals surface area contributed by atoms with Crippen LogP contribution in [-0.4, -0.2) is 21.1 Å². The fourth-order valence-corrected chi connectivity index (χ4v) is 1.30. The summed E-state index contributed by atoms with van der Waals surface area (Å²) in [6.45, 7) is 0. The molecule has 0 radical (unpaired) electrons. The molecule has 1 N–H and O–H groups in total. The molecule has 1 rings (SSSR count). The minimum atomic E-state index is -1.48. The normalized spacial score (nSPS) is 27.8. The van der Waals surface area contributed by atoms with Crippen LogP contribution in [0.25, 0.3) is 0 Å². The van der Waals surface area contributed by atoms with Crippen LogP contribution in [0.2, 0.25) is 0 Å². The van der Waals surface area contributed by atoms with Gasteiger partial charge in [0.15, 0.2) is 0 Å². The molecule has 0 aromatic heterocycles. The van der Waals surface area contributed by atoms with Gasteiger partial charge in [-0.1, -0.05) is 0 Å². The molecule has 1 aliphatic rings. The lowest BCUT2D eigenvalue weighted by molar-refractivity contribution is -0.119. The second kappa shape index (κ2) is 2.26. The molecule has 1 aliphatic heterocycles. The van der Waals surface area contributed by atoms with E-state index in [1.54, 1.807) is 0 Å². The van der Waals surface area contributed by atoms with Crippen LogP contribution in [0.15, 0.2) is 0 Å². The van der Waals surface area contributed by atoms with Crippen LogP contribution in [0.3, 0.4) is 0 Å². The lowest BCUT2D eigenvalue weighted by atomic mass is 10.4. The number of amides is 2. The first-order chi connectivity index (χ1) is 4.20. The zero-order valence-electron chi connectivity index (χ0n) is 4.55. The first kappa shape index (κ1) is 6.41. The molecule has 0 bridgehead atoms. The van der Waals surface area contributed by atoms with Crippen molar-refractivity contribution in [3.63, 3.8) is 0 Å². The number of imide groups is 1. The highest BCUT2D eigenvalue weighted by molar-refractivity contribution is 8.00. The second-order valence-corrected chi connectivity index (χ2v) is 3.11. The molecule has 1 heterocycles. The molecule has 4 nitrogen and oxygen atoms in total. The standard InChI is InChI=1S/C4H5NO3S/c6-3-1-2-9(8)4(7)5-3/h1-2H2,(H,5,6,7). The highest BCUT2D eigenvalue weighted by Crippen LogP contribution is 1.96.